The lowest BCUT2D eigenvalue weighted by Crippen LogP contribution is -2.51. The number of pyridine rings is 2. The summed E-state index contributed by atoms with van der Waals surface area (Å²) in [5.41, 5.74) is 3.99. The van der Waals surface area contributed by atoms with E-state index in [9.17, 15) is 10.3 Å². The fraction of sp³-hybridized carbons (Fsp3) is 0.182. The van der Waals surface area contributed by atoms with Crippen molar-refractivity contribution in [2.45, 2.75) is 16.2 Å². The molecule has 0 atom stereocenters. The normalized spacial score (nSPS) is 14.4. The minimum atomic E-state index is -0.348. The lowest BCUT2D eigenvalue weighted by Gasteiger charge is -2.37. The number of β-amino-alcohol motifs (C(OH)–C–C–N with tert-alkyl or cyclic N) is 1. The van der Waals surface area contributed by atoms with E-state index in [0.29, 0.717) is 29.3 Å². The number of aliphatic hydroxyl groups excluding tert-OH is 1. The summed E-state index contributed by atoms with van der Waals surface area (Å²) in [6.45, 7) is 1.08. The molecule has 0 unspecified atom stereocenters. The zero-order chi connectivity index (χ0) is 21.8. The first kappa shape index (κ1) is 19.1. The molecule has 0 spiro atoms. The Kier molecular flexibility index (Phi) is 4.30. The molecule has 32 heavy (non-hydrogen) atoms. The topological polar surface area (TPSA) is 114 Å². The molecule has 0 saturated carbocycles. The van der Waals surface area contributed by atoms with Crippen molar-refractivity contribution in [3.63, 3.8) is 0 Å². The standard InChI is InChI=1S/C22H19N7O2S/c1-23-16-5-2-4-14-18-20(25-19(14)16)26-22(27-21(18)28-10-12(30)11-28)32-13-8-17-15(24-9-13)6-3-7-29(17)31/h2-9,12,24,30-31H,10-11H2,1H3/p+1. The van der Waals surface area contributed by atoms with Crippen LogP contribution in [0.15, 0.2) is 58.8 Å². The monoisotopic (exact) mass is 446 g/mol. The Hall–Kier alpha value is -3.63. The number of aliphatic hydroxyl groups is 1. The lowest BCUT2D eigenvalue weighted by atomic mass is 10.1. The molecule has 4 N–H and O–H groups in total. The Morgan fingerprint density at radius 3 is 2.91 bits per heavy atom. The molecular formula is C22H20N7O2S+. The predicted octanol–water partition coefficient (Wildman–Crippen LogP) is 2.56. The molecule has 5 heterocycles. The number of rotatable bonds is 4. The first-order valence-corrected chi connectivity index (χ1v) is 11.0. The molecule has 0 aliphatic carbocycles. The van der Waals surface area contributed by atoms with Gasteiger partial charge < -0.3 is 20.3 Å². The molecule has 1 aliphatic heterocycles. The fourth-order valence-corrected chi connectivity index (χ4v) is 4.86. The van der Waals surface area contributed by atoms with Gasteiger partial charge in [-0.05, 0) is 23.9 Å². The van der Waals surface area contributed by atoms with E-state index in [0.717, 1.165) is 43.1 Å². The molecule has 6 rings (SSSR count). The predicted molar refractivity (Wildman–Crippen MR) is 122 cm³/mol. The summed E-state index contributed by atoms with van der Waals surface area (Å²) >= 11 is 1.38. The summed E-state index contributed by atoms with van der Waals surface area (Å²) in [4.78, 5) is 20.4. The Balaban J connectivity index is 1.50. The van der Waals surface area contributed by atoms with Crippen LogP contribution >= 0.6 is 11.8 Å². The van der Waals surface area contributed by atoms with Crippen LogP contribution in [0.5, 0.6) is 0 Å². The van der Waals surface area contributed by atoms with Gasteiger partial charge in [0.05, 0.1) is 22.7 Å². The van der Waals surface area contributed by atoms with Crippen molar-refractivity contribution in [1.82, 2.24) is 19.9 Å². The van der Waals surface area contributed by atoms with Crippen molar-refractivity contribution in [1.29, 1.82) is 0 Å². The number of fused-ring (bicyclic) bond motifs is 4. The fourth-order valence-electron chi connectivity index (χ4n) is 4.11. The van der Waals surface area contributed by atoms with E-state index >= 15 is 0 Å². The number of hydrogen-bond acceptors (Lipinski definition) is 8. The van der Waals surface area contributed by atoms with Gasteiger partial charge in [0, 0.05) is 53.5 Å². The minimum absolute atomic E-state index is 0.348. The van der Waals surface area contributed by atoms with Crippen LogP contribution in [-0.2, 0) is 0 Å². The van der Waals surface area contributed by atoms with Gasteiger partial charge in [-0.15, -0.1) is 0 Å². The van der Waals surface area contributed by atoms with Crippen LogP contribution in [0.1, 0.15) is 0 Å². The van der Waals surface area contributed by atoms with Crippen molar-refractivity contribution in [2.75, 3.05) is 30.4 Å². The highest BCUT2D eigenvalue weighted by molar-refractivity contribution is 7.99. The van der Waals surface area contributed by atoms with Gasteiger partial charge in [0.25, 0.3) is 5.52 Å². The van der Waals surface area contributed by atoms with E-state index in [-0.39, 0.29) is 6.10 Å². The van der Waals surface area contributed by atoms with Crippen LogP contribution < -0.4 is 14.9 Å². The van der Waals surface area contributed by atoms with Crippen LogP contribution in [0.4, 0.5) is 11.5 Å². The molecule has 1 fully saturated rings. The molecule has 0 radical (unpaired) electrons. The van der Waals surface area contributed by atoms with Gasteiger partial charge in [0.15, 0.2) is 5.16 Å². The molecule has 160 valence electrons. The van der Waals surface area contributed by atoms with Crippen molar-refractivity contribution in [3.05, 3.63) is 48.8 Å². The number of aromatic amines is 1. The van der Waals surface area contributed by atoms with Crippen LogP contribution in [-0.4, -0.2) is 56.5 Å². The zero-order valence-corrected chi connectivity index (χ0v) is 18.0. The van der Waals surface area contributed by atoms with Crippen molar-refractivity contribution >= 4 is 56.2 Å². The number of aromatic nitrogens is 5. The smallest absolute Gasteiger partial charge is 0.283 e. The van der Waals surface area contributed by atoms with Crippen LogP contribution in [0.3, 0.4) is 0 Å². The van der Waals surface area contributed by atoms with E-state index in [1.54, 1.807) is 18.5 Å². The molecule has 1 aromatic carbocycles. The van der Waals surface area contributed by atoms with E-state index in [1.165, 1.54) is 11.8 Å². The SMILES string of the molecule is CNc1cccc2c1[nH]c1nc(Sc3cnc4ccc[n+](O)c4c3)nc(N3CC(O)C3)c12. The third kappa shape index (κ3) is 2.99. The summed E-state index contributed by atoms with van der Waals surface area (Å²) in [6, 6.07) is 11.5. The van der Waals surface area contributed by atoms with E-state index in [1.807, 2.05) is 31.3 Å². The van der Waals surface area contributed by atoms with E-state index in [4.69, 9.17) is 9.97 Å². The van der Waals surface area contributed by atoms with E-state index < -0.39 is 0 Å². The van der Waals surface area contributed by atoms with Gasteiger partial charge in [-0.2, -0.15) is 0 Å². The van der Waals surface area contributed by atoms with Gasteiger partial charge in [-0.3, -0.25) is 5.21 Å². The molecule has 4 aromatic heterocycles. The number of nitrogens with zero attached hydrogens (tertiary/aromatic N) is 5. The maximum Gasteiger partial charge on any atom is 0.283 e. The van der Waals surface area contributed by atoms with Crippen molar-refractivity contribution in [2.24, 2.45) is 0 Å². The highest BCUT2D eigenvalue weighted by Crippen LogP contribution is 2.38. The van der Waals surface area contributed by atoms with Crippen LogP contribution in [0.25, 0.3) is 33.0 Å². The molecule has 1 aliphatic rings. The van der Waals surface area contributed by atoms with Gasteiger partial charge >= 0.3 is 0 Å². The number of para-hydroxylation sites is 1. The second-order valence-electron chi connectivity index (χ2n) is 7.75. The van der Waals surface area contributed by atoms with Gasteiger partial charge in [-0.25, -0.2) is 15.0 Å². The quantitative estimate of drug-likeness (QED) is 0.189. The second-order valence-corrected chi connectivity index (χ2v) is 8.79. The third-order valence-electron chi connectivity index (χ3n) is 5.69. The second kappa shape index (κ2) is 7.21. The number of hydrogen-bond donors (Lipinski definition) is 4. The Morgan fingerprint density at radius 1 is 1.22 bits per heavy atom. The highest BCUT2D eigenvalue weighted by Gasteiger charge is 2.29. The molecule has 1 saturated heterocycles. The first-order chi connectivity index (χ1) is 15.6. The molecule has 0 bridgehead atoms. The van der Waals surface area contributed by atoms with Gasteiger partial charge in [0.2, 0.25) is 6.20 Å². The number of nitrogens with one attached hydrogen (secondary N) is 2. The summed E-state index contributed by atoms with van der Waals surface area (Å²) in [5.74, 6) is 0.799. The van der Waals surface area contributed by atoms with Crippen molar-refractivity contribution in [3.8, 4) is 0 Å². The summed E-state index contributed by atoms with van der Waals surface area (Å²) in [5, 5.41) is 25.8. The van der Waals surface area contributed by atoms with E-state index in [2.05, 4.69) is 26.3 Å². The summed E-state index contributed by atoms with van der Waals surface area (Å²) in [6.07, 6.45) is 2.97. The molecule has 10 heteroatoms. The first-order valence-electron chi connectivity index (χ1n) is 10.2. The Labute approximate surface area is 186 Å². The maximum atomic E-state index is 10.1. The average Bonchev–Trinajstić information content (AvgIpc) is 3.15. The number of anilines is 2. The zero-order valence-electron chi connectivity index (χ0n) is 17.1. The number of H-pyrrole nitrogens is 1. The molecular weight excluding hydrogens is 426 g/mol. The van der Waals surface area contributed by atoms with Gasteiger partial charge in [0.1, 0.15) is 17.0 Å². The Morgan fingerprint density at radius 2 is 2.09 bits per heavy atom. The van der Waals surface area contributed by atoms with Gasteiger partial charge in [-0.1, -0.05) is 12.1 Å². The minimum Gasteiger partial charge on any atom is -0.389 e. The molecule has 5 aromatic rings. The maximum absolute atomic E-state index is 10.1. The number of benzene rings is 1. The lowest BCUT2D eigenvalue weighted by molar-refractivity contribution is -0.884. The molecule has 0 amide bonds. The molecule has 9 nitrogen and oxygen atoms in total. The average molecular weight is 447 g/mol. The summed E-state index contributed by atoms with van der Waals surface area (Å²) in [7, 11) is 1.89. The third-order valence-corrected chi connectivity index (χ3v) is 6.51. The van der Waals surface area contributed by atoms with Crippen molar-refractivity contribution < 1.29 is 15.0 Å². The highest BCUT2D eigenvalue weighted by atomic mass is 32.2. The van der Waals surface area contributed by atoms with Crippen LogP contribution in [0, 0.1) is 0 Å². The Bertz CT molecular complexity index is 1500. The summed E-state index contributed by atoms with van der Waals surface area (Å²) < 4.78 is 1.06. The van der Waals surface area contributed by atoms with Crippen LogP contribution in [0.2, 0.25) is 0 Å². The largest absolute Gasteiger partial charge is 0.389 e.